The summed E-state index contributed by atoms with van der Waals surface area (Å²) in [7, 11) is 2.15. The SMILES string of the molecule is CC1=C=C(CNC(=O)c2cccc(NC3(C4=NN=C(c5ccncc5)C4)CCN(C)CC3)c2)C1.[HH].[HH].[HH]. The molecule has 0 unspecified atom stereocenters. The van der Waals surface area contributed by atoms with E-state index in [1.165, 1.54) is 5.57 Å². The highest BCUT2D eigenvalue weighted by Gasteiger charge is 2.40. The summed E-state index contributed by atoms with van der Waals surface area (Å²) in [5.41, 5.74) is 10.0. The molecule has 1 amide bonds. The summed E-state index contributed by atoms with van der Waals surface area (Å²) in [4.78, 5) is 19.2. The lowest BCUT2D eigenvalue weighted by Crippen LogP contribution is -2.53. The number of carbonyl (C=O) groups is 1. The molecule has 3 heterocycles. The summed E-state index contributed by atoms with van der Waals surface area (Å²) >= 11 is 0. The monoisotopic (exact) mass is 460 g/mol. The maximum Gasteiger partial charge on any atom is 0.251 e. The summed E-state index contributed by atoms with van der Waals surface area (Å²) in [5, 5.41) is 16.0. The number of carbonyl (C=O) groups excluding carboxylic acids is 1. The molecule has 1 aromatic heterocycles. The van der Waals surface area contributed by atoms with E-state index in [2.05, 4.69) is 50.4 Å². The number of pyridine rings is 1. The van der Waals surface area contributed by atoms with E-state index in [1.807, 2.05) is 36.4 Å². The van der Waals surface area contributed by atoms with Crippen LogP contribution in [-0.4, -0.2) is 59.4 Å². The first kappa shape index (κ1) is 22.3. The Kier molecular flexibility index (Phi) is 6.14. The zero-order valence-electron chi connectivity index (χ0n) is 19.8. The Morgan fingerprint density at radius 3 is 2.65 bits per heavy atom. The van der Waals surface area contributed by atoms with Gasteiger partial charge in [0.05, 0.1) is 17.0 Å². The molecule has 7 heteroatoms. The molecule has 0 saturated carbocycles. The average Bonchev–Trinajstić information content (AvgIpc) is 3.34. The molecule has 1 saturated heterocycles. The number of rotatable bonds is 7. The van der Waals surface area contributed by atoms with Gasteiger partial charge in [-0.05, 0) is 68.3 Å². The Morgan fingerprint density at radius 1 is 1.15 bits per heavy atom. The predicted octanol–water partition coefficient (Wildman–Crippen LogP) is 4.55. The van der Waals surface area contributed by atoms with Crippen molar-refractivity contribution in [3.8, 4) is 0 Å². The molecule has 180 valence electrons. The van der Waals surface area contributed by atoms with Crippen LogP contribution in [0.2, 0.25) is 0 Å². The molecule has 3 aliphatic rings. The van der Waals surface area contributed by atoms with Crippen LogP contribution in [0.4, 0.5) is 5.69 Å². The molecule has 0 spiro atoms. The van der Waals surface area contributed by atoms with E-state index in [9.17, 15) is 4.79 Å². The molecule has 1 aliphatic carbocycles. The van der Waals surface area contributed by atoms with Gasteiger partial charge in [-0.3, -0.25) is 9.78 Å². The van der Waals surface area contributed by atoms with Gasteiger partial charge < -0.3 is 15.5 Å². The van der Waals surface area contributed by atoms with Crippen molar-refractivity contribution in [3.63, 3.8) is 0 Å². The normalized spacial score (nSPS) is 19.4. The van der Waals surface area contributed by atoms with E-state index in [0.717, 1.165) is 60.6 Å². The second kappa shape index (κ2) is 9.37. The van der Waals surface area contributed by atoms with Crippen LogP contribution in [0.25, 0.3) is 0 Å². The summed E-state index contributed by atoms with van der Waals surface area (Å²) < 4.78 is 0. The second-order valence-electron chi connectivity index (χ2n) is 9.47. The van der Waals surface area contributed by atoms with Crippen molar-refractivity contribution >= 4 is 23.0 Å². The zero-order valence-corrected chi connectivity index (χ0v) is 19.8. The van der Waals surface area contributed by atoms with Crippen molar-refractivity contribution in [2.45, 2.75) is 38.1 Å². The number of nitrogens with zero attached hydrogens (tertiary/aromatic N) is 4. The largest absolute Gasteiger partial charge is 0.374 e. The lowest BCUT2D eigenvalue weighted by Gasteiger charge is -2.42. The van der Waals surface area contributed by atoms with Crippen molar-refractivity contribution in [3.05, 3.63) is 76.8 Å². The van der Waals surface area contributed by atoms with Gasteiger partial charge in [0.25, 0.3) is 5.91 Å². The fraction of sp³-hybridized carbons (Fsp3) is 0.370. The van der Waals surface area contributed by atoms with Crippen LogP contribution in [0.15, 0.2) is 75.9 Å². The van der Waals surface area contributed by atoms with Crippen LogP contribution in [0.5, 0.6) is 0 Å². The third-order valence-corrected chi connectivity index (χ3v) is 6.87. The molecule has 2 aromatic rings. The first-order chi connectivity index (χ1) is 16.5. The smallest absolute Gasteiger partial charge is 0.251 e. The van der Waals surface area contributed by atoms with Gasteiger partial charge in [0.1, 0.15) is 0 Å². The van der Waals surface area contributed by atoms with Crippen LogP contribution in [0.1, 0.15) is 52.8 Å². The fourth-order valence-corrected chi connectivity index (χ4v) is 4.82. The van der Waals surface area contributed by atoms with Crippen LogP contribution < -0.4 is 10.6 Å². The lowest BCUT2D eigenvalue weighted by molar-refractivity contribution is 0.0956. The molecule has 1 aromatic carbocycles. The van der Waals surface area contributed by atoms with E-state index < -0.39 is 0 Å². The van der Waals surface area contributed by atoms with Gasteiger partial charge in [-0.2, -0.15) is 10.2 Å². The third-order valence-electron chi connectivity index (χ3n) is 6.87. The number of piperidine rings is 1. The van der Waals surface area contributed by atoms with Crippen LogP contribution >= 0.6 is 0 Å². The van der Waals surface area contributed by atoms with Gasteiger partial charge in [0.2, 0.25) is 0 Å². The number of amides is 1. The Hall–Kier alpha value is -3.54. The van der Waals surface area contributed by atoms with Crippen LogP contribution in [0, 0.1) is 0 Å². The predicted molar refractivity (Wildman–Crippen MR) is 142 cm³/mol. The number of nitrogens with one attached hydrogen (secondary N) is 2. The van der Waals surface area contributed by atoms with Crippen LogP contribution in [-0.2, 0) is 0 Å². The van der Waals surface area contributed by atoms with Crippen molar-refractivity contribution in [2.75, 3.05) is 32.0 Å². The fourth-order valence-electron chi connectivity index (χ4n) is 4.82. The molecule has 0 atom stereocenters. The minimum atomic E-state index is -0.293. The molecule has 34 heavy (non-hydrogen) atoms. The Labute approximate surface area is 204 Å². The maximum atomic E-state index is 12.8. The third kappa shape index (κ3) is 4.72. The molecule has 7 nitrogen and oxygen atoms in total. The van der Waals surface area contributed by atoms with Gasteiger partial charge in [0.15, 0.2) is 0 Å². The Morgan fingerprint density at radius 2 is 1.91 bits per heavy atom. The zero-order chi connectivity index (χ0) is 23.5. The van der Waals surface area contributed by atoms with Gasteiger partial charge >= 0.3 is 0 Å². The maximum absolute atomic E-state index is 12.8. The summed E-state index contributed by atoms with van der Waals surface area (Å²) in [5.74, 6) is -0.0681. The topological polar surface area (TPSA) is 82.0 Å². The van der Waals surface area contributed by atoms with Gasteiger partial charge in [-0.1, -0.05) is 6.07 Å². The molecule has 0 bridgehead atoms. The highest BCUT2D eigenvalue weighted by molar-refractivity contribution is 6.18. The van der Waals surface area contributed by atoms with Gasteiger partial charge in [-0.15, -0.1) is 5.73 Å². The standard InChI is InChI=1S/C27H30N6O.3H2/c1-19-14-20(15-19)18-29-26(34)22-4-3-5-23(16-22)30-27(8-12-33(2)13-9-27)25-17-24(31-32-25)21-6-10-28-11-7-21;;;/h3-7,10-11,16,30H,8-9,12-14,17-18H2,1-2H3,(H,29,34);3*1H. The van der Waals surface area contributed by atoms with Crippen LogP contribution in [0.3, 0.4) is 0 Å². The molecular weight excluding hydrogens is 424 g/mol. The molecule has 2 N–H and O–H groups in total. The number of likely N-dealkylation sites (tertiary alicyclic amines) is 1. The van der Waals surface area contributed by atoms with E-state index in [1.54, 1.807) is 12.4 Å². The first-order valence-corrected chi connectivity index (χ1v) is 11.8. The van der Waals surface area contributed by atoms with Crippen molar-refractivity contribution < 1.29 is 9.07 Å². The quantitative estimate of drug-likeness (QED) is 0.594. The lowest BCUT2D eigenvalue weighted by atomic mass is 9.80. The highest BCUT2D eigenvalue weighted by atomic mass is 16.1. The van der Waals surface area contributed by atoms with E-state index in [4.69, 9.17) is 0 Å². The van der Waals surface area contributed by atoms with Crippen molar-refractivity contribution in [1.29, 1.82) is 0 Å². The highest BCUT2D eigenvalue weighted by Crippen LogP contribution is 2.32. The van der Waals surface area contributed by atoms with E-state index in [-0.39, 0.29) is 15.7 Å². The molecular formula is C27H36N6O. The molecule has 0 radical (unpaired) electrons. The summed E-state index contributed by atoms with van der Waals surface area (Å²) in [6, 6.07) is 11.7. The van der Waals surface area contributed by atoms with E-state index >= 15 is 0 Å². The number of benzene rings is 1. The van der Waals surface area contributed by atoms with Crippen molar-refractivity contribution in [2.24, 2.45) is 10.2 Å². The molecule has 2 aliphatic heterocycles. The summed E-state index contributed by atoms with van der Waals surface area (Å²) in [6.45, 7) is 4.55. The van der Waals surface area contributed by atoms with E-state index in [0.29, 0.717) is 18.5 Å². The molecule has 5 rings (SSSR count). The van der Waals surface area contributed by atoms with Gasteiger partial charge in [0, 0.05) is 66.0 Å². The second-order valence-corrected chi connectivity index (χ2v) is 9.47. The van der Waals surface area contributed by atoms with Crippen molar-refractivity contribution in [1.82, 2.24) is 15.2 Å². The number of hydrogen-bond acceptors (Lipinski definition) is 6. The minimum absolute atomic E-state index is 0. The Bertz CT molecular complexity index is 1230. The number of aromatic nitrogens is 1. The Balaban J connectivity index is 0.00000160. The average molecular weight is 461 g/mol. The number of hydrogen-bond donors (Lipinski definition) is 2. The molecule has 1 fully saturated rings. The number of anilines is 1. The summed E-state index contributed by atoms with van der Waals surface area (Å²) in [6.07, 6.45) is 7.08. The minimum Gasteiger partial charge on any atom is -0.374 e. The van der Waals surface area contributed by atoms with Gasteiger partial charge in [-0.25, -0.2) is 0 Å². The first-order valence-electron chi connectivity index (χ1n) is 11.8.